The van der Waals surface area contributed by atoms with E-state index in [1.165, 1.54) is 18.2 Å². The highest BCUT2D eigenvalue weighted by molar-refractivity contribution is 5.92. The summed E-state index contributed by atoms with van der Waals surface area (Å²) in [6, 6.07) is 9.15. The van der Waals surface area contributed by atoms with Crippen LogP contribution in [0.5, 0.6) is 0 Å². The number of carbonyl (C=O) groups is 2. The Labute approximate surface area is 122 Å². The van der Waals surface area contributed by atoms with Gasteiger partial charge in [0.15, 0.2) is 5.60 Å². The lowest BCUT2D eigenvalue weighted by Gasteiger charge is -2.34. The van der Waals surface area contributed by atoms with Crippen LogP contribution < -0.4 is 0 Å². The van der Waals surface area contributed by atoms with Gasteiger partial charge in [0.25, 0.3) is 0 Å². The third-order valence-electron chi connectivity index (χ3n) is 3.63. The molecule has 5 heteroatoms. The smallest absolute Gasteiger partial charge is 0.340 e. The van der Waals surface area contributed by atoms with Crippen molar-refractivity contribution in [3.05, 3.63) is 59.7 Å². The molecule has 2 unspecified atom stereocenters. The predicted octanol–water partition coefficient (Wildman–Crippen LogP) is 2.24. The van der Waals surface area contributed by atoms with Crippen LogP contribution in [-0.2, 0) is 20.9 Å². The fraction of sp³-hybridized carbons (Fsp3) is 0.250. The monoisotopic (exact) mass is 288 g/mol. The van der Waals surface area contributed by atoms with Crippen LogP contribution in [0.1, 0.15) is 12.5 Å². The second-order valence-electron chi connectivity index (χ2n) is 4.88. The molecule has 5 nitrogen and oxygen atoms in total. The van der Waals surface area contributed by atoms with E-state index in [1.807, 2.05) is 30.3 Å². The summed E-state index contributed by atoms with van der Waals surface area (Å²) in [7, 11) is 0. The number of allylic oxidation sites excluding steroid dienone is 2. The van der Waals surface area contributed by atoms with Gasteiger partial charge in [0.05, 0.1) is 6.61 Å². The van der Waals surface area contributed by atoms with Crippen LogP contribution in [0.2, 0.25) is 0 Å². The van der Waals surface area contributed by atoms with Crippen molar-refractivity contribution in [2.24, 2.45) is 5.92 Å². The Balaban J connectivity index is 2.26. The quantitative estimate of drug-likeness (QED) is 0.868. The summed E-state index contributed by atoms with van der Waals surface area (Å²) >= 11 is 0. The summed E-state index contributed by atoms with van der Waals surface area (Å²) in [6.45, 7) is 1.64. The van der Waals surface area contributed by atoms with Crippen molar-refractivity contribution in [1.82, 2.24) is 0 Å². The SMILES string of the molecule is CC1C(C(=O)O)=CC=CC1(OCc1ccccc1)C(=O)O. The van der Waals surface area contributed by atoms with Crippen LogP contribution in [0.25, 0.3) is 0 Å². The van der Waals surface area contributed by atoms with Crippen molar-refractivity contribution >= 4 is 11.9 Å². The van der Waals surface area contributed by atoms with E-state index in [0.29, 0.717) is 0 Å². The average molecular weight is 288 g/mol. The van der Waals surface area contributed by atoms with Crippen LogP contribution in [0.15, 0.2) is 54.1 Å². The molecule has 0 aromatic heterocycles. The number of hydrogen-bond donors (Lipinski definition) is 2. The minimum atomic E-state index is -1.67. The van der Waals surface area contributed by atoms with Gasteiger partial charge in [-0.1, -0.05) is 49.4 Å². The minimum Gasteiger partial charge on any atom is -0.479 e. The molecule has 0 amide bonds. The predicted molar refractivity (Wildman–Crippen MR) is 75.6 cm³/mol. The lowest BCUT2D eigenvalue weighted by Crippen LogP contribution is -2.48. The van der Waals surface area contributed by atoms with E-state index in [9.17, 15) is 14.7 Å². The van der Waals surface area contributed by atoms with Gasteiger partial charge in [-0.3, -0.25) is 0 Å². The third-order valence-corrected chi connectivity index (χ3v) is 3.63. The molecule has 2 atom stereocenters. The van der Waals surface area contributed by atoms with Crippen molar-refractivity contribution in [1.29, 1.82) is 0 Å². The molecule has 1 aliphatic carbocycles. The van der Waals surface area contributed by atoms with Crippen LogP contribution in [0, 0.1) is 5.92 Å². The van der Waals surface area contributed by atoms with Crippen molar-refractivity contribution in [3.8, 4) is 0 Å². The molecule has 0 radical (unpaired) electrons. The molecule has 0 bridgehead atoms. The molecule has 1 aromatic carbocycles. The second-order valence-corrected chi connectivity index (χ2v) is 4.88. The van der Waals surface area contributed by atoms with Crippen molar-refractivity contribution in [2.45, 2.75) is 19.1 Å². The first-order valence-electron chi connectivity index (χ1n) is 6.51. The van der Waals surface area contributed by atoms with E-state index in [4.69, 9.17) is 9.84 Å². The van der Waals surface area contributed by atoms with E-state index in [1.54, 1.807) is 6.92 Å². The highest BCUT2D eigenvalue weighted by atomic mass is 16.5. The van der Waals surface area contributed by atoms with E-state index in [0.717, 1.165) is 5.56 Å². The molecule has 2 N–H and O–H groups in total. The molecular formula is C16H16O5. The lowest BCUT2D eigenvalue weighted by molar-refractivity contribution is -0.166. The third kappa shape index (κ3) is 2.87. The Morgan fingerprint density at radius 3 is 2.48 bits per heavy atom. The number of aliphatic carboxylic acids is 2. The first kappa shape index (κ1) is 15.0. The number of ether oxygens (including phenoxy) is 1. The van der Waals surface area contributed by atoms with E-state index in [-0.39, 0.29) is 12.2 Å². The van der Waals surface area contributed by atoms with Gasteiger partial charge in [-0.05, 0) is 11.6 Å². The Kier molecular flexibility index (Phi) is 4.23. The highest BCUT2D eigenvalue weighted by Gasteiger charge is 2.47. The van der Waals surface area contributed by atoms with Gasteiger partial charge in [-0.2, -0.15) is 0 Å². The maximum Gasteiger partial charge on any atom is 0.340 e. The number of carboxylic acids is 2. The molecule has 0 saturated carbocycles. The Hall–Kier alpha value is -2.40. The minimum absolute atomic E-state index is 0.0213. The summed E-state index contributed by atoms with van der Waals surface area (Å²) in [4.78, 5) is 22.9. The number of hydrogen-bond acceptors (Lipinski definition) is 3. The van der Waals surface area contributed by atoms with Crippen LogP contribution >= 0.6 is 0 Å². The zero-order chi connectivity index (χ0) is 15.5. The van der Waals surface area contributed by atoms with Gasteiger partial charge < -0.3 is 14.9 Å². The number of carboxylic acid groups (broad SMARTS) is 2. The molecule has 0 aliphatic heterocycles. The second kappa shape index (κ2) is 5.93. The largest absolute Gasteiger partial charge is 0.479 e. The van der Waals surface area contributed by atoms with Crippen LogP contribution in [-0.4, -0.2) is 27.8 Å². The normalized spacial score (nSPS) is 24.4. The average Bonchev–Trinajstić information content (AvgIpc) is 2.47. The fourth-order valence-corrected chi connectivity index (χ4v) is 2.34. The maximum absolute atomic E-state index is 11.7. The van der Waals surface area contributed by atoms with E-state index >= 15 is 0 Å². The zero-order valence-electron chi connectivity index (χ0n) is 11.5. The number of benzene rings is 1. The van der Waals surface area contributed by atoms with Crippen LogP contribution in [0.3, 0.4) is 0 Å². The first-order chi connectivity index (χ1) is 9.97. The first-order valence-corrected chi connectivity index (χ1v) is 6.51. The topological polar surface area (TPSA) is 83.8 Å². The standard InChI is InChI=1S/C16H16O5/c1-11-13(14(17)18)8-5-9-16(11,15(19)20)21-10-12-6-3-2-4-7-12/h2-9,11H,10H2,1H3,(H,17,18)(H,19,20). The zero-order valence-corrected chi connectivity index (χ0v) is 11.5. The molecule has 110 valence electrons. The van der Waals surface area contributed by atoms with Crippen molar-refractivity contribution in [3.63, 3.8) is 0 Å². The molecule has 1 aliphatic rings. The molecule has 0 saturated heterocycles. The lowest BCUT2D eigenvalue weighted by atomic mass is 9.79. The molecule has 1 aromatic rings. The van der Waals surface area contributed by atoms with Gasteiger partial charge in [-0.25, -0.2) is 9.59 Å². The van der Waals surface area contributed by atoms with Crippen molar-refractivity contribution < 1.29 is 24.5 Å². The van der Waals surface area contributed by atoms with Gasteiger partial charge in [-0.15, -0.1) is 0 Å². The Morgan fingerprint density at radius 2 is 1.90 bits per heavy atom. The summed E-state index contributed by atoms with van der Waals surface area (Å²) in [5.41, 5.74) is -0.823. The molecule has 0 heterocycles. The van der Waals surface area contributed by atoms with Gasteiger partial charge in [0.2, 0.25) is 0 Å². The Bertz CT molecular complexity index is 602. The number of rotatable bonds is 5. The van der Waals surface area contributed by atoms with Crippen LogP contribution in [0.4, 0.5) is 0 Å². The molecule has 0 spiro atoms. The molecule has 21 heavy (non-hydrogen) atoms. The van der Waals surface area contributed by atoms with E-state index < -0.39 is 23.5 Å². The van der Waals surface area contributed by atoms with Gasteiger partial charge in [0, 0.05) is 11.5 Å². The summed E-state index contributed by atoms with van der Waals surface area (Å²) in [5, 5.41) is 18.7. The van der Waals surface area contributed by atoms with E-state index in [2.05, 4.69) is 0 Å². The Morgan fingerprint density at radius 1 is 1.24 bits per heavy atom. The fourth-order valence-electron chi connectivity index (χ4n) is 2.34. The molecular weight excluding hydrogens is 272 g/mol. The summed E-state index contributed by atoms with van der Waals surface area (Å²) < 4.78 is 5.62. The van der Waals surface area contributed by atoms with Gasteiger partial charge in [0.1, 0.15) is 0 Å². The summed E-state index contributed by atoms with van der Waals surface area (Å²) in [6.07, 6.45) is 4.22. The van der Waals surface area contributed by atoms with Gasteiger partial charge >= 0.3 is 11.9 Å². The summed E-state index contributed by atoms with van der Waals surface area (Å²) in [5.74, 6) is -3.13. The molecule has 2 rings (SSSR count). The highest BCUT2D eigenvalue weighted by Crippen LogP contribution is 2.34. The maximum atomic E-state index is 11.7. The molecule has 0 fully saturated rings. The van der Waals surface area contributed by atoms with Crippen molar-refractivity contribution in [2.75, 3.05) is 0 Å².